The van der Waals surface area contributed by atoms with E-state index in [0.29, 0.717) is 18.9 Å². The molecule has 118 valence electrons. The van der Waals surface area contributed by atoms with Crippen molar-refractivity contribution in [1.29, 1.82) is 0 Å². The molecule has 0 amide bonds. The van der Waals surface area contributed by atoms with E-state index < -0.39 is 12.0 Å². The summed E-state index contributed by atoms with van der Waals surface area (Å²) in [5, 5.41) is 12.3. The van der Waals surface area contributed by atoms with Crippen LogP contribution in [0.5, 0.6) is 0 Å². The number of hydrogen-bond donors (Lipinski definition) is 3. The van der Waals surface area contributed by atoms with Crippen molar-refractivity contribution < 1.29 is 9.90 Å². The maximum atomic E-state index is 11.2. The van der Waals surface area contributed by atoms with Crippen molar-refractivity contribution in [2.24, 2.45) is 5.92 Å². The van der Waals surface area contributed by atoms with Crippen LogP contribution in [0.4, 0.5) is 0 Å². The molecule has 0 saturated heterocycles. The molecule has 1 aromatic heterocycles. The van der Waals surface area contributed by atoms with Crippen LogP contribution in [0.15, 0.2) is 34.9 Å². The molecule has 3 N–H and O–H groups in total. The zero-order valence-electron chi connectivity index (χ0n) is 12.6. The Kier molecular flexibility index (Phi) is 5.74. The molecular formula is C16H20BrN3O2. The lowest BCUT2D eigenvalue weighted by molar-refractivity contribution is -0.140. The number of imidazole rings is 1. The van der Waals surface area contributed by atoms with E-state index in [2.05, 4.69) is 31.2 Å². The normalized spacial score (nSPS) is 12.5. The average Bonchev–Trinajstić information content (AvgIpc) is 2.92. The number of carboxylic acids is 1. The van der Waals surface area contributed by atoms with E-state index in [-0.39, 0.29) is 0 Å². The summed E-state index contributed by atoms with van der Waals surface area (Å²) >= 11 is 3.41. The van der Waals surface area contributed by atoms with Gasteiger partial charge in [-0.3, -0.25) is 10.1 Å². The Morgan fingerprint density at radius 2 is 2.05 bits per heavy atom. The zero-order chi connectivity index (χ0) is 16.1. The fourth-order valence-corrected chi connectivity index (χ4v) is 2.46. The second-order valence-corrected chi connectivity index (χ2v) is 6.57. The molecule has 0 radical (unpaired) electrons. The van der Waals surface area contributed by atoms with Gasteiger partial charge in [0, 0.05) is 4.47 Å². The SMILES string of the molecule is CC(C)C[C@@H](NCc1ncc(-c2ccc(Br)cc2)[nH]1)C(=O)O. The number of benzene rings is 1. The standard InChI is InChI=1S/C16H20BrN3O2/c1-10(2)7-13(16(21)22)18-9-15-19-8-14(20-15)11-3-5-12(17)6-4-11/h3-6,8,10,13,18H,7,9H2,1-2H3,(H,19,20)(H,21,22)/t13-/m1/s1. The minimum atomic E-state index is -0.826. The number of nitrogens with zero attached hydrogens (tertiary/aromatic N) is 1. The fourth-order valence-electron chi connectivity index (χ4n) is 2.19. The molecule has 1 aromatic carbocycles. The number of H-pyrrole nitrogens is 1. The Hall–Kier alpha value is -1.66. The van der Waals surface area contributed by atoms with Crippen LogP contribution < -0.4 is 5.32 Å². The monoisotopic (exact) mass is 365 g/mol. The zero-order valence-corrected chi connectivity index (χ0v) is 14.2. The Morgan fingerprint density at radius 3 is 2.64 bits per heavy atom. The fraction of sp³-hybridized carbons (Fsp3) is 0.375. The van der Waals surface area contributed by atoms with Crippen LogP contribution in [0.3, 0.4) is 0 Å². The predicted octanol–water partition coefficient (Wildman–Crippen LogP) is 3.43. The summed E-state index contributed by atoms with van der Waals surface area (Å²) in [6.45, 7) is 4.42. The smallest absolute Gasteiger partial charge is 0.320 e. The lowest BCUT2D eigenvalue weighted by Gasteiger charge is -2.15. The molecule has 0 aliphatic rings. The number of carboxylic acid groups (broad SMARTS) is 1. The minimum absolute atomic E-state index is 0.323. The third-order valence-electron chi connectivity index (χ3n) is 3.30. The number of rotatable bonds is 7. The van der Waals surface area contributed by atoms with E-state index in [0.717, 1.165) is 21.6 Å². The van der Waals surface area contributed by atoms with Crippen molar-refractivity contribution in [3.8, 4) is 11.3 Å². The van der Waals surface area contributed by atoms with E-state index in [4.69, 9.17) is 0 Å². The van der Waals surface area contributed by atoms with Gasteiger partial charge in [0.2, 0.25) is 0 Å². The largest absolute Gasteiger partial charge is 0.480 e. The van der Waals surface area contributed by atoms with Gasteiger partial charge in [0.15, 0.2) is 0 Å². The molecule has 0 unspecified atom stereocenters. The lowest BCUT2D eigenvalue weighted by atomic mass is 10.0. The van der Waals surface area contributed by atoms with E-state index in [1.807, 2.05) is 38.1 Å². The molecule has 2 aromatic rings. The van der Waals surface area contributed by atoms with Crippen molar-refractivity contribution >= 4 is 21.9 Å². The lowest BCUT2D eigenvalue weighted by Crippen LogP contribution is -2.37. The van der Waals surface area contributed by atoms with Crippen LogP contribution in [0.25, 0.3) is 11.3 Å². The third-order valence-corrected chi connectivity index (χ3v) is 3.83. The molecule has 1 heterocycles. The molecule has 0 aliphatic heterocycles. The van der Waals surface area contributed by atoms with Crippen LogP contribution in [0, 0.1) is 5.92 Å². The molecule has 5 nitrogen and oxygen atoms in total. The maximum Gasteiger partial charge on any atom is 0.320 e. The van der Waals surface area contributed by atoms with Crippen molar-refractivity contribution in [1.82, 2.24) is 15.3 Å². The summed E-state index contributed by atoms with van der Waals surface area (Å²) in [6, 6.07) is 7.37. The molecule has 1 atom stereocenters. The van der Waals surface area contributed by atoms with Gasteiger partial charge in [-0.1, -0.05) is 41.9 Å². The number of carbonyl (C=O) groups is 1. The first kappa shape index (κ1) is 16.7. The van der Waals surface area contributed by atoms with Crippen LogP contribution >= 0.6 is 15.9 Å². The van der Waals surface area contributed by atoms with Gasteiger partial charge >= 0.3 is 5.97 Å². The van der Waals surface area contributed by atoms with Crippen molar-refractivity contribution in [3.63, 3.8) is 0 Å². The second-order valence-electron chi connectivity index (χ2n) is 5.65. The van der Waals surface area contributed by atoms with Crippen LogP contribution in [-0.4, -0.2) is 27.1 Å². The first-order valence-electron chi connectivity index (χ1n) is 7.21. The third kappa shape index (κ3) is 4.68. The van der Waals surface area contributed by atoms with Gasteiger partial charge in [0.25, 0.3) is 0 Å². The Bertz CT molecular complexity index is 623. The van der Waals surface area contributed by atoms with Gasteiger partial charge in [0.1, 0.15) is 11.9 Å². The average molecular weight is 366 g/mol. The van der Waals surface area contributed by atoms with Crippen molar-refractivity contribution in [2.45, 2.75) is 32.9 Å². The molecule has 0 spiro atoms. The molecule has 0 aliphatic carbocycles. The van der Waals surface area contributed by atoms with Gasteiger partial charge in [-0.15, -0.1) is 0 Å². The number of halogens is 1. The highest BCUT2D eigenvalue weighted by Crippen LogP contribution is 2.20. The van der Waals surface area contributed by atoms with E-state index in [1.165, 1.54) is 0 Å². The minimum Gasteiger partial charge on any atom is -0.480 e. The van der Waals surface area contributed by atoms with Crippen LogP contribution in [-0.2, 0) is 11.3 Å². The number of aromatic amines is 1. The molecule has 6 heteroatoms. The van der Waals surface area contributed by atoms with E-state index in [1.54, 1.807) is 6.20 Å². The highest BCUT2D eigenvalue weighted by molar-refractivity contribution is 9.10. The second kappa shape index (κ2) is 7.56. The summed E-state index contributed by atoms with van der Waals surface area (Å²) in [5.74, 6) is 0.227. The van der Waals surface area contributed by atoms with Crippen LogP contribution in [0.2, 0.25) is 0 Å². The first-order valence-corrected chi connectivity index (χ1v) is 8.01. The first-order chi connectivity index (χ1) is 10.5. The van der Waals surface area contributed by atoms with E-state index in [9.17, 15) is 9.90 Å². The van der Waals surface area contributed by atoms with Gasteiger partial charge in [0.05, 0.1) is 18.4 Å². The summed E-state index contributed by atoms with van der Waals surface area (Å²) < 4.78 is 1.02. The summed E-state index contributed by atoms with van der Waals surface area (Å²) in [6.07, 6.45) is 2.36. The van der Waals surface area contributed by atoms with E-state index >= 15 is 0 Å². The maximum absolute atomic E-state index is 11.2. The Balaban J connectivity index is 1.99. The number of hydrogen-bond acceptors (Lipinski definition) is 3. The van der Waals surface area contributed by atoms with Gasteiger partial charge < -0.3 is 10.1 Å². The van der Waals surface area contributed by atoms with Gasteiger partial charge in [-0.2, -0.15) is 0 Å². The molecule has 0 fully saturated rings. The Labute approximate surface area is 138 Å². The molecular weight excluding hydrogens is 346 g/mol. The number of aliphatic carboxylic acids is 1. The number of nitrogens with one attached hydrogen (secondary N) is 2. The summed E-state index contributed by atoms with van der Waals surface area (Å²) in [7, 11) is 0. The summed E-state index contributed by atoms with van der Waals surface area (Å²) in [4.78, 5) is 18.7. The highest BCUT2D eigenvalue weighted by Gasteiger charge is 2.18. The van der Waals surface area contributed by atoms with Crippen molar-refractivity contribution in [2.75, 3.05) is 0 Å². The van der Waals surface area contributed by atoms with Gasteiger partial charge in [-0.05, 0) is 30.0 Å². The quantitative estimate of drug-likeness (QED) is 0.702. The van der Waals surface area contributed by atoms with Crippen molar-refractivity contribution in [3.05, 3.63) is 40.8 Å². The number of aromatic nitrogens is 2. The highest BCUT2D eigenvalue weighted by atomic mass is 79.9. The molecule has 22 heavy (non-hydrogen) atoms. The molecule has 0 bridgehead atoms. The Morgan fingerprint density at radius 1 is 1.36 bits per heavy atom. The molecule has 0 saturated carbocycles. The van der Waals surface area contributed by atoms with Gasteiger partial charge in [-0.25, -0.2) is 4.98 Å². The summed E-state index contributed by atoms with van der Waals surface area (Å²) in [5.41, 5.74) is 1.96. The molecule has 2 rings (SSSR count). The van der Waals surface area contributed by atoms with Crippen LogP contribution in [0.1, 0.15) is 26.1 Å². The topological polar surface area (TPSA) is 78.0 Å². The predicted molar refractivity (Wildman–Crippen MR) is 89.4 cm³/mol.